The van der Waals surface area contributed by atoms with Gasteiger partial charge in [0.05, 0.1) is 5.75 Å². The van der Waals surface area contributed by atoms with Crippen LogP contribution in [0, 0.1) is 0 Å². The number of carbonyl (C=O) groups excluding carboxylic acids is 2. The van der Waals surface area contributed by atoms with E-state index in [4.69, 9.17) is 4.74 Å². The Hall–Kier alpha value is -1.31. The van der Waals surface area contributed by atoms with Crippen molar-refractivity contribution >= 4 is 21.8 Å². The van der Waals surface area contributed by atoms with E-state index in [0.717, 1.165) is 6.26 Å². The van der Waals surface area contributed by atoms with Crippen LogP contribution >= 0.6 is 0 Å². The summed E-state index contributed by atoms with van der Waals surface area (Å²) in [7, 11) is -1.59. The van der Waals surface area contributed by atoms with E-state index in [-0.39, 0.29) is 30.7 Å². The van der Waals surface area contributed by atoms with Crippen molar-refractivity contribution in [1.29, 1.82) is 0 Å². The highest BCUT2D eigenvalue weighted by Gasteiger charge is 2.19. The molecule has 0 spiro atoms. The van der Waals surface area contributed by atoms with Crippen LogP contribution in [-0.4, -0.2) is 62.6 Å². The second-order valence-electron chi connectivity index (χ2n) is 6.20. The van der Waals surface area contributed by atoms with Crippen LogP contribution in [0.2, 0.25) is 0 Å². The molecule has 0 aliphatic carbocycles. The molecule has 0 rings (SSSR count). The summed E-state index contributed by atoms with van der Waals surface area (Å²) in [6, 6.07) is -0.299. The third-order valence-corrected chi connectivity index (χ3v) is 3.37. The minimum Gasteiger partial charge on any atom is -0.444 e. The summed E-state index contributed by atoms with van der Waals surface area (Å²) in [5.41, 5.74) is -0.582. The summed E-state index contributed by atoms with van der Waals surface area (Å²) < 4.78 is 27.1. The van der Waals surface area contributed by atoms with Crippen LogP contribution in [0.25, 0.3) is 0 Å². The molecule has 0 fully saturated rings. The van der Waals surface area contributed by atoms with Crippen molar-refractivity contribution in [2.75, 3.05) is 25.6 Å². The maximum absolute atomic E-state index is 11.8. The van der Waals surface area contributed by atoms with E-state index in [2.05, 4.69) is 5.32 Å². The third kappa shape index (κ3) is 11.1. The van der Waals surface area contributed by atoms with Crippen molar-refractivity contribution in [3.63, 3.8) is 0 Å². The molecule has 0 heterocycles. The van der Waals surface area contributed by atoms with Crippen LogP contribution < -0.4 is 5.32 Å². The maximum atomic E-state index is 11.8. The minimum atomic E-state index is -3.16. The van der Waals surface area contributed by atoms with E-state index in [1.807, 2.05) is 0 Å². The normalized spacial score (nSPS) is 13.4. The second-order valence-corrected chi connectivity index (χ2v) is 8.46. The predicted molar refractivity (Wildman–Crippen MR) is 80.8 cm³/mol. The van der Waals surface area contributed by atoms with Crippen LogP contribution in [0.1, 0.15) is 34.1 Å². The molecule has 1 N–H and O–H groups in total. The quantitative estimate of drug-likeness (QED) is 0.780. The van der Waals surface area contributed by atoms with Crippen molar-refractivity contribution in [2.45, 2.75) is 45.8 Å². The summed E-state index contributed by atoms with van der Waals surface area (Å²) in [4.78, 5) is 24.7. The van der Waals surface area contributed by atoms with Gasteiger partial charge in [-0.15, -0.1) is 0 Å². The molecule has 0 aromatic carbocycles. The molecule has 2 amide bonds. The predicted octanol–water partition coefficient (Wildman–Crippen LogP) is 0.793. The number of ether oxygens (including phenoxy) is 1. The highest BCUT2D eigenvalue weighted by molar-refractivity contribution is 7.90. The molecule has 7 nitrogen and oxygen atoms in total. The van der Waals surface area contributed by atoms with Crippen molar-refractivity contribution in [2.24, 2.45) is 0 Å². The van der Waals surface area contributed by atoms with Crippen LogP contribution in [0.3, 0.4) is 0 Å². The Labute approximate surface area is 126 Å². The topological polar surface area (TPSA) is 92.8 Å². The van der Waals surface area contributed by atoms with Gasteiger partial charge in [0, 0.05) is 32.3 Å². The first-order chi connectivity index (χ1) is 9.30. The van der Waals surface area contributed by atoms with Crippen molar-refractivity contribution in [1.82, 2.24) is 10.2 Å². The average Bonchev–Trinajstić information content (AvgIpc) is 2.21. The van der Waals surface area contributed by atoms with Gasteiger partial charge >= 0.3 is 6.09 Å². The molecule has 1 unspecified atom stereocenters. The summed E-state index contributed by atoms with van der Waals surface area (Å²) in [6.45, 7) is 7.31. The van der Waals surface area contributed by atoms with Gasteiger partial charge in [0.15, 0.2) is 0 Å². The molecule has 0 aliphatic rings. The standard InChI is InChI=1S/C13H26N2O5S/c1-10(14-12(17)20-13(2,3)4)9-15(5)11(16)7-8-21(6,18)19/h10H,7-9H2,1-6H3,(H,14,17). The number of likely N-dealkylation sites (N-methyl/N-ethyl adjacent to an activating group) is 1. The summed E-state index contributed by atoms with van der Waals surface area (Å²) in [6.07, 6.45) is 0.480. The molecule has 21 heavy (non-hydrogen) atoms. The number of hydrogen-bond acceptors (Lipinski definition) is 5. The lowest BCUT2D eigenvalue weighted by atomic mass is 10.2. The number of sulfone groups is 1. The van der Waals surface area contributed by atoms with Crippen molar-refractivity contribution in [3.05, 3.63) is 0 Å². The van der Waals surface area contributed by atoms with Gasteiger partial charge < -0.3 is 15.0 Å². The van der Waals surface area contributed by atoms with Gasteiger partial charge in [-0.1, -0.05) is 0 Å². The molecular weight excluding hydrogens is 296 g/mol. The largest absolute Gasteiger partial charge is 0.444 e. The maximum Gasteiger partial charge on any atom is 0.407 e. The van der Waals surface area contributed by atoms with E-state index in [9.17, 15) is 18.0 Å². The first-order valence-corrected chi connectivity index (χ1v) is 8.77. The Morgan fingerprint density at radius 2 is 1.81 bits per heavy atom. The Bertz CT molecular complexity index is 467. The fraction of sp³-hybridized carbons (Fsp3) is 0.846. The van der Waals surface area contributed by atoms with Gasteiger partial charge in [-0.2, -0.15) is 0 Å². The van der Waals surface area contributed by atoms with E-state index in [0.29, 0.717) is 0 Å². The van der Waals surface area contributed by atoms with Crippen LogP contribution in [0.4, 0.5) is 4.79 Å². The minimum absolute atomic E-state index is 0.0610. The first kappa shape index (κ1) is 19.7. The van der Waals surface area contributed by atoms with Crippen LogP contribution in [0.15, 0.2) is 0 Å². The number of nitrogens with one attached hydrogen (secondary N) is 1. The lowest BCUT2D eigenvalue weighted by Crippen LogP contribution is -2.44. The Morgan fingerprint density at radius 3 is 2.24 bits per heavy atom. The van der Waals surface area contributed by atoms with Gasteiger partial charge in [-0.25, -0.2) is 13.2 Å². The zero-order valence-electron chi connectivity index (χ0n) is 13.6. The summed E-state index contributed by atoms with van der Waals surface area (Å²) in [5, 5.41) is 2.62. The van der Waals surface area contributed by atoms with Crippen LogP contribution in [-0.2, 0) is 19.4 Å². The average molecular weight is 322 g/mol. The monoisotopic (exact) mass is 322 g/mol. The first-order valence-electron chi connectivity index (χ1n) is 6.71. The fourth-order valence-electron chi connectivity index (χ4n) is 1.53. The van der Waals surface area contributed by atoms with Gasteiger partial charge in [-0.05, 0) is 27.7 Å². The summed E-state index contributed by atoms with van der Waals surface area (Å²) in [5.74, 6) is -0.456. The molecule has 0 radical (unpaired) electrons. The van der Waals surface area contributed by atoms with Gasteiger partial charge in [0.1, 0.15) is 15.4 Å². The Balaban J connectivity index is 4.23. The van der Waals surface area contributed by atoms with Crippen molar-refractivity contribution in [3.8, 4) is 0 Å². The Kier molecular flexibility index (Phi) is 7.15. The van der Waals surface area contributed by atoms with Gasteiger partial charge in [-0.3, -0.25) is 4.79 Å². The lowest BCUT2D eigenvalue weighted by molar-refractivity contribution is -0.129. The molecule has 0 saturated carbocycles. The third-order valence-electron chi connectivity index (χ3n) is 2.42. The molecule has 0 aromatic rings. The highest BCUT2D eigenvalue weighted by atomic mass is 32.2. The van der Waals surface area contributed by atoms with E-state index in [1.165, 1.54) is 4.90 Å². The van der Waals surface area contributed by atoms with Crippen molar-refractivity contribution < 1.29 is 22.7 Å². The molecule has 0 aliphatic heterocycles. The smallest absolute Gasteiger partial charge is 0.407 e. The molecule has 1 atom stereocenters. The molecule has 0 bridgehead atoms. The molecule has 0 aromatic heterocycles. The number of amides is 2. The molecule has 8 heteroatoms. The SMILES string of the molecule is CC(CN(C)C(=O)CCS(C)(=O)=O)NC(=O)OC(C)(C)C. The van der Waals surface area contributed by atoms with E-state index < -0.39 is 21.5 Å². The molecule has 124 valence electrons. The zero-order valence-corrected chi connectivity index (χ0v) is 14.4. The second kappa shape index (κ2) is 7.63. The number of rotatable bonds is 6. The number of nitrogens with zero attached hydrogens (tertiary/aromatic N) is 1. The fourth-order valence-corrected chi connectivity index (χ4v) is 2.08. The summed E-state index contributed by atoms with van der Waals surface area (Å²) >= 11 is 0. The zero-order chi connectivity index (χ0) is 16.8. The number of alkyl carbamates (subject to hydrolysis) is 1. The highest BCUT2D eigenvalue weighted by Crippen LogP contribution is 2.07. The van der Waals surface area contributed by atoms with Crippen LogP contribution in [0.5, 0.6) is 0 Å². The van der Waals surface area contributed by atoms with Gasteiger partial charge in [0.2, 0.25) is 5.91 Å². The van der Waals surface area contributed by atoms with Gasteiger partial charge in [0.25, 0.3) is 0 Å². The number of carbonyl (C=O) groups is 2. The van der Waals surface area contributed by atoms with E-state index in [1.54, 1.807) is 34.7 Å². The molecule has 0 saturated heterocycles. The van der Waals surface area contributed by atoms with E-state index >= 15 is 0 Å². The molecular formula is C13H26N2O5S. The Morgan fingerprint density at radius 1 is 1.29 bits per heavy atom. The number of hydrogen-bond donors (Lipinski definition) is 1. The lowest BCUT2D eigenvalue weighted by Gasteiger charge is -2.25.